The number of rotatable bonds is 3. The van der Waals surface area contributed by atoms with Crippen molar-refractivity contribution in [2.75, 3.05) is 19.6 Å². The Balaban J connectivity index is 0.00000240. The number of alkyl halides is 3. The van der Waals surface area contributed by atoms with Crippen LogP contribution in [-0.2, 0) is 30.5 Å². The van der Waals surface area contributed by atoms with Gasteiger partial charge in [0.2, 0.25) is 5.91 Å². The van der Waals surface area contributed by atoms with E-state index in [1.807, 2.05) is 0 Å². The summed E-state index contributed by atoms with van der Waals surface area (Å²) in [6, 6.07) is 4.81. The van der Waals surface area contributed by atoms with Crippen LogP contribution in [0.4, 0.5) is 13.2 Å². The van der Waals surface area contributed by atoms with Crippen molar-refractivity contribution in [3.63, 3.8) is 0 Å². The van der Waals surface area contributed by atoms with Gasteiger partial charge in [0.25, 0.3) is 0 Å². The maximum Gasteiger partial charge on any atom is 0.416 e. The third kappa shape index (κ3) is 4.72. The average molecular weight is 430 g/mol. The highest BCUT2D eigenvalue weighted by Crippen LogP contribution is 2.30. The Morgan fingerprint density at radius 2 is 1.79 bits per heavy atom. The third-order valence-electron chi connectivity index (χ3n) is 5.50. The molecule has 1 amide bonds. The molecule has 0 spiro atoms. The molecule has 4 rings (SSSR count). The van der Waals surface area contributed by atoms with Gasteiger partial charge in [-0.15, -0.1) is 22.6 Å². The van der Waals surface area contributed by atoms with E-state index in [2.05, 4.69) is 20.1 Å². The lowest BCUT2D eigenvalue weighted by molar-refractivity contribution is -0.137. The molecular formula is C19H23ClF3N5O. The zero-order valence-electron chi connectivity index (χ0n) is 15.8. The number of benzene rings is 1. The van der Waals surface area contributed by atoms with Crippen molar-refractivity contribution in [1.29, 1.82) is 0 Å². The number of carbonyl (C=O) groups excluding carboxylic acids is 1. The lowest BCUT2D eigenvalue weighted by atomic mass is 9.95. The lowest BCUT2D eigenvalue weighted by Gasteiger charge is -2.32. The Morgan fingerprint density at radius 1 is 1.10 bits per heavy atom. The molecule has 0 aliphatic carbocycles. The number of fused-ring (bicyclic) bond motifs is 1. The summed E-state index contributed by atoms with van der Waals surface area (Å²) in [7, 11) is 0. The molecular weight excluding hydrogens is 407 g/mol. The van der Waals surface area contributed by atoms with E-state index in [0.29, 0.717) is 18.7 Å². The van der Waals surface area contributed by atoms with E-state index < -0.39 is 11.7 Å². The van der Waals surface area contributed by atoms with Gasteiger partial charge in [-0.2, -0.15) is 13.2 Å². The normalized spacial score (nSPS) is 17.6. The monoisotopic (exact) mass is 429 g/mol. The summed E-state index contributed by atoms with van der Waals surface area (Å²) in [4.78, 5) is 14.3. The molecule has 158 valence electrons. The molecule has 29 heavy (non-hydrogen) atoms. The maximum absolute atomic E-state index is 12.6. The molecule has 2 aliphatic heterocycles. The fourth-order valence-corrected chi connectivity index (χ4v) is 3.90. The van der Waals surface area contributed by atoms with E-state index in [0.717, 1.165) is 56.3 Å². The van der Waals surface area contributed by atoms with Crippen LogP contribution in [0.5, 0.6) is 0 Å². The topological polar surface area (TPSA) is 63.1 Å². The van der Waals surface area contributed by atoms with Crippen LogP contribution in [0, 0.1) is 0 Å². The van der Waals surface area contributed by atoms with Gasteiger partial charge in [-0.05, 0) is 30.5 Å². The van der Waals surface area contributed by atoms with Crippen LogP contribution in [0.25, 0.3) is 0 Å². The minimum atomic E-state index is -4.36. The highest BCUT2D eigenvalue weighted by Gasteiger charge is 2.31. The smallest absolute Gasteiger partial charge is 0.342 e. The van der Waals surface area contributed by atoms with Crippen molar-refractivity contribution in [2.24, 2.45) is 0 Å². The number of hydrogen-bond acceptors (Lipinski definition) is 4. The number of amides is 1. The summed E-state index contributed by atoms with van der Waals surface area (Å²) in [6.45, 7) is 3.76. The van der Waals surface area contributed by atoms with Crippen molar-refractivity contribution in [2.45, 2.75) is 44.4 Å². The van der Waals surface area contributed by atoms with E-state index in [1.54, 1.807) is 4.90 Å². The van der Waals surface area contributed by atoms with E-state index in [4.69, 9.17) is 0 Å². The molecule has 0 saturated carbocycles. The van der Waals surface area contributed by atoms with Crippen LogP contribution in [0.15, 0.2) is 24.3 Å². The first-order chi connectivity index (χ1) is 13.4. The quantitative estimate of drug-likeness (QED) is 0.815. The standard InChI is InChI=1S/C19H22F3N5O.ClH/c20-19(21,22)15-3-1-13(2-4-15)11-17(28)26-8-5-14(6-9-26)18-25-24-16-12-23-7-10-27(16)18;/h1-4,14,23H,5-12H2;1H. The highest BCUT2D eigenvalue weighted by atomic mass is 35.5. The largest absolute Gasteiger partial charge is 0.416 e. The number of nitrogens with zero attached hydrogens (tertiary/aromatic N) is 4. The molecule has 0 radical (unpaired) electrons. The van der Waals surface area contributed by atoms with Gasteiger partial charge < -0.3 is 14.8 Å². The number of likely N-dealkylation sites (tertiary alicyclic amines) is 1. The zero-order chi connectivity index (χ0) is 19.7. The second-order valence-electron chi connectivity index (χ2n) is 7.33. The predicted molar refractivity (Wildman–Crippen MR) is 103 cm³/mol. The first kappa shape index (κ1) is 21.6. The van der Waals surface area contributed by atoms with Gasteiger partial charge in [-0.3, -0.25) is 4.79 Å². The van der Waals surface area contributed by atoms with E-state index in [-0.39, 0.29) is 30.7 Å². The Hall–Kier alpha value is -2.13. The van der Waals surface area contributed by atoms with Gasteiger partial charge >= 0.3 is 6.18 Å². The third-order valence-corrected chi connectivity index (χ3v) is 5.50. The molecule has 10 heteroatoms. The first-order valence-corrected chi connectivity index (χ1v) is 9.48. The molecule has 2 aromatic rings. The second kappa shape index (κ2) is 8.71. The van der Waals surface area contributed by atoms with Crippen LogP contribution in [-0.4, -0.2) is 45.2 Å². The van der Waals surface area contributed by atoms with E-state index in [1.165, 1.54) is 12.1 Å². The van der Waals surface area contributed by atoms with Crippen LogP contribution in [0.3, 0.4) is 0 Å². The van der Waals surface area contributed by atoms with E-state index in [9.17, 15) is 18.0 Å². The minimum absolute atomic E-state index is 0. The zero-order valence-corrected chi connectivity index (χ0v) is 16.6. The molecule has 3 heterocycles. The number of hydrogen-bond donors (Lipinski definition) is 1. The molecule has 0 atom stereocenters. The van der Waals surface area contributed by atoms with Crippen molar-refractivity contribution in [1.82, 2.24) is 25.0 Å². The van der Waals surface area contributed by atoms with Crippen molar-refractivity contribution < 1.29 is 18.0 Å². The summed E-state index contributed by atoms with van der Waals surface area (Å²) < 4.78 is 40.1. The Bertz CT molecular complexity index is 845. The van der Waals surface area contributed by atoms with Crippen LogP contribution >= 0.6 is 12.4 Å². The van der Waals surface area contributed by atoms with Crippen molar-refractivity contribution in [3.8, 4) is 0 Å². The Kier molecular flexibility index (Phi) is 6.48. The SMILES string of the molecule is Cl.O=C(Cc1ccc(C(F)(F)F)cc1)N1CCC(c2nnc3n2CCNC3)CC1. The summed E-state index contributed by atoms with van der Waals surface area (Å²) in [5.74, 6) is 2.20. The number of aromatic nitrogens is 3. The van der Waals surface area contributed by atoms with Crippen LogP contribution in [0.1, 0.15) is 41.5 Å². The summed E-state index contributed by atoms with van der Waals surface area (Å²) >= 11 is 0. The Labute approximate surface area is 172 Å². The average Bonchev–Trinajstić information content (AvgIpc) is 3.12. The predicted octanol–water partition coefficient (Wildman–Crippen LogP) is 2.77. The Morgan fingerprint density at radius 3 is 2.45 bits per heavy atom. The van der Waals surface area contributed by atoms with Gasteiger partial charge in [-0.1, -0.05) is 12.1 Å². The van der Waals surface area contributed by atoms with Gasteiger partial charge in [0.1, 0.15) is 11.6 Å². The second-order valence-corrected chi connectivity index (χ2v) is 7.33. The molecule has 1 N–H and O–H groups in total. The molecule has 0 bridgehead atoms. The number of piperidine rings is 1. The number of carbonyl (C=O) groups is 1. The molecule has 1 fully saturated rings. The lowest BCUT2D eigenvalue weighted by Crippen LogP contribution is -2.39. The molecule has 2 aliphatic rings. The van der Waals surface area contributed by atoms with Crippen LogP contribution < -0.4 is 5.32 Å². The van der Waals surface area contributed by atoms with Crippen molar-refractivity contribution >= 4 is 18.3 Å². The van der Waals surface area contributed by atoms with Crippen molar-refractivity contribution in [3.05, 3.63) is 47.0 Å². The van der Waals surface area contributed by atoms with Crippen LogP contribution in [0.2, 0.25) is 0 Å². The highest BCUT2D eigenvalue weighted by molar-refractivity contribution is 5.85. The molecule has 0 unspecified atom stereocenters. The first-order valence-electron chi connectivity index (χ1n) is 9.48. The molecule has 1 saturated heterocycles. The van der Waals surface area contributed by atoms with Gasteiger partial charge in [0, 0.05) is 32.1 Å². The molecule has 6 nitrogen and oxygen atoms in total. The van der Waals surface area contributed by atoms with Gasteiger partial charge in [0.15, 0.2) is 0 Å². The maximum atomic E-state index is 12.6. The summed E-state index contributed by atoms with van der Waals surface area (Å²) in [5.41, 5.74) is -0.101. The van der Waals surface area contributed by atoms with Gasteiger partial charge in [-0.25, -0.2) is 0 Å². The number of halogens is 4. The molecule has 1 aromatic heterocycles. The summed E-state index contributed by atoms with van der Waals surface area (Å²) in [5, 5.41) is 11.9. The van der Waals surface area contributed by atoms with E-state index >= 15 is 0 Å². The fraction of sp³-hybridized carbons (Fsp3) is 0.526. The fourth-order valence-electron chi connectivity index (χ4n) is 3.90. The van der Waals surface area contributed by atoms with Gasteiger partial charge in [0.05, 0.1) is 18.5 Å². The molecule has 1 aromatic carbocycles. The minimum Gasteiger partial charge on any atom is -0.342 e. The number of nitrogens with one attached hydrogen (secondary N) is 1. The summed E-state index contributed by atoms with van der Waals surface area (Å²) in [6.07, 6.45) is -2.59.